The number of rotatable bonds is 5. The van der Waals surface area contributed by atoms with Gasteiger partial charge in [-0.2, -0.15) is 4.98 Å². The van der Waals surface area contributed by atoms with E-state index in [-0.39, 0.29) is 5.88 Å². The smallest absolute Gasteiger partial charge is 0.320 e. The molecule has 0 saturated heterocycles. The lowest BCUT2D eigenvalue weighted by Crippen LogP contribution is -2.18. The van der Waals surface area contributed by atoms with Gasteiger partial charge in [0.25, 0.3) is 5.88 Å². The number of hydrogen-bond acceptors (Lipinski definition) is 5. The number of hydrogen-bond donors (Lipinski definition) is 0. The van der Waals surface area contributed by atoms with Gasteiger partial charge in [-0.05, 0) is 30.2 Å². The number of aromatic nitrogens is 1. The molecule has 7 heteroatoms. The molecule has 0 bridgehead atoms. The minimum absolute atomic E-state index is 0.0868. The van der Waals surface area contributed by atoms with Crippen LogP contribution in [0.25, 0.3) is 10.4 Å². The Morgan fingerprint density at radius 1 is 1.42 bits per heavy atom. The van der Waals surface area contributed by atoms with E-state index in [4.69, 9.17) is 20.8 Å². The quantitative estimate of drug-likeness (QED) is 0.576. The summed E-state index contributed by atoms with van der Waals surface area (Å²) in [5, 5.41) is 0. The summed E-state index contributed by atoms with van der Waals surface area (Å²) in [6, 6.07) is 8.23. The maximum absolute atomic E-state index is 14.5. The Balaban J connectivity index is 1.84. The molecule has 0 amide bonds. The number of thiophene rings is 1. The van der Waals surface area contributed by atoms with E-state index in [1.807, 2.05) is 6.92 Å². The van der Waals surface area contributed by atoms with Gasteiger partial charge in [0, 0.05) is 10.4 Å². The average Bonchev–Trinajstić information content (AvgIpc) is 3.20. The van der Waals surface area contributed by atoms with Crippen LogP contribution in [0.5, 0.6) is 5.88 Å². The molecule has 2 heterocycles. The SMILES string of the molecule is CCC(C(=O)Oc1cocn1)c1ccc(-c2ccc(Cl)s2)c(F)c1. The minimum atomic E-state index is -0.586. The van der Waals surface area contributed by atoms with Gasteiger partial charge in [0.05, 0.1) is 10.3 Å². The molecule has 0 fully saturated rings. The highest BCUT2D eigenvalue weighted by molar-refractivity contribution is 7.19. The molecule has 0 radical (unpaired) electrons. The van der Waals surface area contributed by atoms with Gasteiger partial charge in [-0.25, -0.2) is 4.39 Å². The molecule has 1 aromatic carbocycles. The van der Waals surface area contributed by atoms with Crippen molar-refractivity contribution in [1.82, 2.24) is 4.98 Å². The molecule has 1 atom stereocenters. The molecule has 0 aliphatic heterocycles. The van der Waals surface area contributed by atoms with Gasteiger partial charge in [0.2, 0.25) is 0 Å². The second-order valence-corrected chi connectivity index (χ2v) is 6.77. The first kappa shape index (κ1) is 16.7. The number of halogens is 2. The number of benzene rings is 1. The standard InChI is InChI=1S/C17H13ClFNO3S/c1-2-11(17(21)23-16-8-22-9-20-16)10-3-4-12(13(19)7-10)14-5-6-15(18)24-14/h3-9,11H,2H2,1H3. The molecule has 0 N–H and O–H groups in total. The Morgan fingerprint density at radius 3 is 2.83 bits per heavy atom. The zero-order chi connectivity index (χ0) is 17.1. The zero-order valence-corrected chi connectivity index (χ0v) is 14.2. The predicted molar refractivity (Wildman–Crippen MR) is 89.9 cm³/mol. The van der Waals surface area contributed by atoms with Crippen LogP contribution in [0.1, 0.15) is 24.8 Å². The monoisotopic (exact) mass is 365 g/mol. The number of carbonyl (C=O) groups is 1. The van der Waals surface area contributed by atoms with Crippen LogP contribution in [0.15, 0.2) is 47.4 Å². The summed E-state index contributed by atoms with van der Waals surface area (Å²) in [6.45, 7) is 1.83. The van der Waals surface area contributed by atoms with Crippen LogP contribution in [-0.2, 0) is 4.79 Å². The van der Waals surface area contributed by atoms with Crippen molar-refractivity contribution >= 4 is 28.9 Å². The van der Waals surface area contributed by atoms with Crippen LogP contribution in [0.2, 0.25) is 4.34 Å². The van der Waals surface area contributed by atoms with Gasteiger partial charge in [-0.1, -0.05) is 30.7 Å². The van der Waals surface area contributed by atoms with Crippen LogP contribution < -0.4 is 4.74 Å². The van der Waals surface area contributed by atoms with Crippen LogP contribution in [0.4, 0.5) is 4.39 Å². The lowest BCUT2D eigenvalue weighted by Gasteiger charge is -2.14. The number of oxazole rings is 1. The Hall–Kier alpha value is -2.18. The highest BCUT2D eigenvalue weighted by atomic mass is 35.5. The summed E-state index contributed by atoms with van der Waals surface area (Å²) in [7, 11) is 0. The van der Waals surface area contributed by atoms with Crippen molar-refractivity contribution in [1.29, 1.82) is 0 Å². The van der Waals surface area contributed by atoms with Crippen LogP contribution in [0, 0.1) is 5.82 Å². The van der Waals surface area contributed by atoms with E-state index in [1.165, 1.54) is 30.1 Å². The number of ether oxygens (including phenoxy) is 1. The summed E-state index contributed by atoms with van der Waals surface area (Å²) >= 11 is 7.20. The zero-order valence-electron chi connectivity index (χ0n) is 12.7. The number of nitrogens with zero attached hydrogens (tertiary/aromatic N) is 1. The first-order valence-corrected chi connectivity index (χ1v) is 8.43. The number of carbonyl (C=O) groups excluding carboxylic acids is 1. The molecule has 1 unspecified atom stereocenters. The largest absolute Gasteiger partial charge is 0.448 e. The molecular formula is C17H13ClFNO3S. The average molecular weight is 366 g/mol. The third-order valence-electron chi connectivity index (χ3n) is 3.54. The Morgan fingerprint density at radius 2 is 2.25 bits per heavy atom. The molecule has 24 heavy (non-hydrogen) atoms. The van der Waals surface area contributed by atoms with Gasteiger partial charge in [0.1, 0.15) is 5.82 Å². The molecule has 124 valence electrons. The van der Waals surface area contributed by atoms with Gasteiger partial charge in [-0.15, -0.1) is 11.3 Å². The van der Waals surface area contributed by atoms with E-state index in [9.17, 15) is 9.18 Å². The van der Waals surface area contributed by atoms with Crippen LogP contribution in [-0.4, -0.2) is 11.0 Å². The molecule has 0 spiro atoms. The third-order valence-corrected chi connectivity index (χ3v) is 4.81. The molecular weight excluding hydrogens is 353 g/mol. The Bertz CT molecular complexity index is 847. The van der Waals surface area contributed by atoms with Crippen molar-refractivity contribution in [2.75, 3.05) is 0 Å². The molecule has 0 aliphatic carbocycles. The van der Waals surface area contributed by atoms with Crippen LogP contribution >= 0.6 is 22.9 Å². The van der Waals surface area contributed by atoms with E-state index >= 15 is 0 Å². The molecule has 0 aliphatic rings. The van der Waals surface area contributed by atoms with Gasteiger partial charge in [0.15, 0.2) is 12.7 Å². The van der Waals surface area contributed by atoms with Crippen molar-refractivity contribution in [2.45, 2.75) is 19.3 Å². The first-order valence-electron chi connectivity index (χ1n) is 7.23. The maximum Gasteiger partial charge on any atom is 0.320 e. The van der Waals surface area contributed by atoms with E-state index < -0.39 is 17.7 Å². The first-order chi connectivity index (χ1) is 11.6. The van der Waals surface area contributed by atoms with Gasteiger partial charge in [-0.3, -0.25) is 4.79 Å². The fourth-order valence-corrected chi connectivity index (χ4v) is 3.44. The molecule has 2 aromatic heterocycles. The van der Waals surface area contributed by atoms with Gasteiger partial charge < -0.3 is 9.15 Å². The van der Waals surface area contributed by atoms with E-state index in [0.29, 0.717) is 21.9 Å². The minimum Gasteiger partial charge on any atom is -0.448 e. The summed E-state index contributed by atoms with van der Waals surface area (Å²) < 4.78 is 25.0. The molecule has 3 aromatic rings. The fraction of sp³-hybridized carbons (Fsp3) is 0.176. The lowest BCUT2D eigenvalue weighted by molar-refractivity contribution is -0.136. The molecule has 0 saturated carbocycles. The second kappa shape index (κ2) is 7.15. The van der Waals surface area contributed by atoms with Crippen molar-refractivity contribution in [3.63, 3.8) is 0 Å². The van der Waals surface area contributed by atoms with Gasteiger partial charge >= 0.3 is 5.97 Å². The maximum atomic E-state index is 14.5. The fourth-order valence-electron chi connectivity index (χ4n) is 2.37. The third kappa shape index (κ3) is 3.49. The summed E-state index contributed by atoms with van der Waals surface area (Å²) in [5.74, 6) is -1.41. The predicted octanol–water partition coefficient (Wildman–Crippen LogP) is 5.29. The van der Waals surface area contributed by atoms with Crippen molar-refractivity contribution in [2.24, 2.45) is 0 Å². The normalized spacial score (nSPS) is 12.1. The summed E-state index contributed by atoms with van der Waals surface area (Å²) in [4.78, 5) is 16.8. The Labute approximate surface area is 146 Å². The van der Waals surface area contributed by atoms with Crippen molar-refractivity contribution in [3.05, 3.63) is 58.7 Å². The topological polar surface area (TPSA) is 52.3 Å². The molecule has 4 nitrogen and oxygen atoms in total. The van der Waals surface area contributed by atoms with E-state index in [0.717, 1.165) is 4.88 Å². The molecule has 3 rings (SSSR count). The highest BCUT2D eigenvalue weighted by Gasteiger charge is 2.23. The summed E-state index contributed by atoms with van der Waals surface area (Å²) in [5.41, 5.74) is 1.00. The van der Waals surface area contributed by atoms with Crippen molar-refractivity contribution < 1.29 is 18.3 Å². The number of esters is 1. The second-order valence-electron chi connectivity index (χ2n) is 5.05. The van der Waals surface area contributed by atoms with Crippen LogP contribution in [0.3, 0.4) is 0 Å². The Kier molecular flexibility index (Phi) is 4.97. The lowest BCUT2D eigenvalue weighted by atomic mass is 9.95. The highest BCUT2D eigenvalue weighted by Crippen LogP contribution is 2.34. The van der Waals surface area contributed by atoms with E-state index in [1.54, 1.807) is 24.3 Å². The summed E-state index contributed by atoms with van der Waals surface area (Å²) in [6.07, 6.45) is 2.87. The van der Waals surface area contributed by atoms with Crippen molar-refractivity contribution in [3.8, 4) is 16.3 Å². The van der Waals surface area contributed by atoms with E-state index in [2.05, 4.69) is 4.98 Å².